The van der Waals surface area contributed by atoms with Crippen molar-refractivity contribution in [2.75, 3.05) is 14.2 Å². The molecule has 25 heavy (non-hydrogen) atoms. The summed E-state index contributed by atoms with van der Waals surface area (Å²) in [5.74, 6) is -0.0878. The first-order valence-corrected chi connectivity index (χ1v) is 7.13. The van der Waals surface area contributed by atoms with Crippen LogP contribution in [-0.2, 0) is 0 Å². The van der Waals surface area contributed by atoms with Gasteiger partial charge in [-0.05, 0) is 12.1 Å². The van der Waals surface area contributed by atoms with Crippen LogP contribution in [0.1, 0.15) is 15.9 Å². The third kappa shape index (κ3) is 3.82. The van der Waals surface area contributed by atoms with Gasteiger partial charge in [0, 0.05) is 5.56 Å². The highest BCUT2D eigenvalue weighted by molar-refractivity contribution is 6.14. The van der Waals surface area contributed by atoms with E-state index in [2.05, 4.69) is 0 Å². The number of hydrogen-bond donors (Lipinski definition) is 0. The Kier molecular flexibility index (Phi) is 5.48. The van der Waals surface area contributed by atoms with E-state index in [1.54, 1.807) is 36.4 Å². The summed E-state index contributed by atoms with van der Waals surface area (Å²) in [7, 11) is 2.74. The molecule has 0 aromatic heterocycles. The molecule has 7 heteroatoms. The highest BCUT2D eigenvalue weighted by atomic mass is 16.6. The molecule has 0 aliphatic heterocycles. The van der Waals surface area contributed by atoms with Gasteiger partial charge in [-0.1, -0.05) is 30.3 Å². The number of allylic oxidation sites excluding steroid dienone is 1. The second-order valence-electron chi connectivity index (χ2n) is 4.89. The van der Waals surface area contributed by atoms with E-state index in [-0.39, 0.29) is 28.3 Å². The van der Waals surface area contributed by atoms with Gasteiger partial charge in [0.1, 0.15) is 11.6 Å². The molecule has 0 N–H and O–H groups in total. The molecule has 7 nitrogen and oxygen atoms in total. The van der Waals surface area contributed by atoms with Gasteiger partial charge >= 0.3 is 0 Å². The minimum absolute atomic E-state index is 0.0727. The third-order valence-corrected chi connectivity index (χ3v) is 3.43. The molecule has 2 aromatic rings. The van der Waals surface area contributed by atoms with E-state index < -0.39 is 10.7 Å². The second kappa shape index (κ2) is 7.75. The lowest BCUT2D eigenvalue weighted by Crippen LogP contribution is -2.02. The van der Waals surface area contributed by atoms with Gasteiger partial charge < -0.3 is 9.47 Å². The SMILES string of the molecule is COc1cc(C=C(C#N)C(=O)c2ccccc2)c([N+](=O)[O-])cc1OC. The van der Waals surface area contributed by atoms with Crippen molar-refractivity contribution in [1.29, 1.82) is 5.26 Å². The Hall–Kier alpha value is -3.66. The Bertz CT molecular complexity index is 882. The van der Waals surface area contributed by atoms with Gasteiger partial charge in [0.2, 0.25) is 5.78 Å². The van der Waals surface area contributed by atoms with Gasteiger partial charge in [0.05, 0.1) is 30.8 Å². The van der Waals surface area contributed by atoms with Crippen molar-refractivity contribution in [3.05, 3.63) is 69.3 Å². The Morgan fingerprint density at radius 2 is 1.76 bits per heavy atom. The van der Waals surface area contributed by atoms with Crippen LogP contribution in [-0.4, -0.2) is 24.9 Å². The standard InChI is InChI=1S/C18H14N2O5/c1-24-16-9-13(15(20(22)23)10-17(16)25-2)8-14(11-19)18(21)12-6-4-3-5-7-12/h3-10H,1-2H3. The number of nitro groups is 1. The zero-order valence-corrected chi connectivity index (χ0v) is 13.6. The molecule has 2 rings (SSSR count). The Labute approximate surface area is 143 Å². The van der Waals surface area contributed by atoms with Crippen molar-refractivity contribution in [3.63, 3.8) is 0 Å². The summed E-state index contributed by atoms with van der Waals surface area (Å²) in [6.45, 7) is 0. The first-order valence-electron chi connectivity index (χ1n) is 7.13. The number of hydrogen-bond acceptors (Lipinski definition) is 6. The maximum atomic E-state index is 12.4. The fourth-order valence-corrected chi connectivity index (χ4v) is 2.21. The van der Waals surface area contributed by atoms with E-state index in [1.165, 1.54) is 32.4 Å². The van der Waals surface area contributed by atoms with Gasteiger partial charge in [-0.15, -0.1) is 0 Å². The van der Waals surface area contributed by atoms with Crippen LogP contribution in [0.15, 0.2) is 48.0 Å². The van der Waals surface area contributed by atoms with Gasteiger partial charge in [0.15, 0.2) is 11.5 Å². The molecule has 0 amide bonds. The molecule has 2 aromatic carbocycles. The number of nitro benzene ring substituents is 1. The largest absolute Gasteiger partial charge is 0.493 e. The number of nitrogens with zero attached hydrogens (tertiary/aromatic N) is 2. The van der Waals surface area contributed by atoms with Crippen molar-refractivity contribution < 1.29 is 19.2 Å². The van der Waals surface area contributed by atoms with E-state index in [0.717, 1.165) is 0 Å². The fourth-order valence-electron chi connectivity index (χ4n) is 2.21. The summed E-state index contributed by atoms with van der Waals surface area (Å²) in [5.41, 5.74) is -0.130. The van der Waals surface area contributed by atoms with E-state index >= 15 is 0 Å². The Morgan fingerprint density at radius 3 is 2.28 bits per heavy atom. The minimum atomic E-state index is -0.615. The predicted octanol–water partition coefficient (Wildman–Crippen LogP) is 3.40. The van der Waals surface area contributed by atoms with E-state index in [0.29, 0.717) is 5.56 Å². The third-order valence-electron chi connectivity index (χ3n) is 3.43. The number of carbonyl (C=O) groups excluding carboxylic acids is 1. The van der Waals surface area contributed by atoms with E-state index in [9.17, 15) is 20.2 Å². The molecule has 0 radical (unpaired) electrons. The number of ether oxygens (including phenoxy) is 2. The normalized spacial score (nSPS) is 10.7. The van der Waals surface area contributed by atoms with Crippen LogP contribution in [0.25, 0.3) is 6.08 Å². The van der Waals surface area contributed by atoms with Crippen molar-refractivity contribution >= 4 is 17.5 Å². The highest BCUT2D eigenvalue weighted by Crippen LogP contribution is 2.35. The summed E-state index contributed by atoms with van der Waals surface area (Å²) < 4.78 is 10.2. The molecule has 0 saturated carbocycles. The van der Waals surface area contributed by atoms with Crippen LogP contribution in [0.4, 0.5) is 5.69 Å². The van der Waals surface area contributed by atoms with Crippen molar-refractivity contribution in [1.82, 2.24) is 0 Å². The monoisotopic (exact) mass is 338 g/mol. The van der Waals surface area contributed by atoms with Crippen molar-refractivity contribution in [2.45, 2.75) is 0 Å². The van der Waals surface area contributed by atoms with Gasteiger partial charge in [-0.3, -0.25) is 14.9 Å². The average Bonchev–Trinajstić information content (AvgIpc) is 2.65. The summed E-state index contributed by atoms with van der Waals surface area (Å²) in [6.07, 6.45) is 1.18. The van der Waals surface area contributed by atoms with Crippen LogP contribution in [0.5, 0.6) is 11.5 Å². The average molecular weight is 338 g/mol. The summed E-state index contributed by atoms with van der Waals surface area (Å²) in [6, 6.07) is 12.5. The van der Waals surface area contributed by atoms with Crippen LogP contribution in [0, 0.1) is 21.4 Å². The number of rotatable bonds is 6. The van der Waals surface area contributed by atoms with Crippen molar-refractivity contribution in [3.8, 4) is 17.6 Å². The molecule has 0 spiro atoms. The molecule has 0 aliphatic carbocycles. The molecule has 126 valence electrons. The summed E-state index contributed by atoms with van der Waals surface area (Å²) >= 11 is 0. The molecule has 0 saturated heterocycles. The van der Waals surface area contributed by atoms with Crippen molar-refractivity contribution in [2.24, 2.45) is 0 Å². The van der Waals surface area contributed by atoms with Gasteiger partial charge in [0.25, 0.3) is 5.69 Å². The Balaban J connectivity index is 2.59. The van der Waals surface area contributed by atoms with Crippen LogP contribution in [0.3, 0.4) is 0 Å². The lowest BCUT2D eigenvalue weighted by molar-refractivity contribution is -0.385. The summed E-state index contributed by atoms with van der Waals surface area (Å²) in [4.78, 5) is 23.1. The van der Waals surface area contributed by atoms with E-state index in [1.807, 2.05) is 0 Å². The van der Waals surface area contributed by atoms with Crippen LogP contribution in [0.2, 0.25) is 0 Å². The fraction of sp³-hybridized carbons (Fsp3) is 0.111. The smallest absolute Gasteiger partial charge is 0.280 e. The maximum Gasteiger partial charge on any atom is 0.280 e. The minimum Gasteiger partial charge on any atom is -0.493 e. The predicted molar refractivity (Wildman–Crippen MR) is 90.6 cm³/mol. The lowest BCUT2D eigenvalue weighted by atomic mass is 10.0. The second-order valence-corrected chi connectivity index (χ2v) is 4.89. The molecular formula is C18H14N2O5. The number of methoxy groups -OCH3 is 2. The topological polar surface area (TPSA) is 102 Å². The molecular weight excluding hydrogens is 324 g/mol. The maximum absolute atomic E-state index is 12.4. The number of Topliss-reactive ketones (excluding diaryl/α,β-unsaturated/α-hetero) is 1. The van der Waals surface area contributed by atoms with Crippen LogP contribution >= 0.6 is 0 Å². The molecule has 0 unspecified atom stereocenters. The zero-order valence-electron chi connectivity index (χ0n) is 13.6. The lowest BCUT2D eigenvalue weighted by Gasteiger charge is -2.09. The molecule has 0 heterocycles. The first kappa shape index (κ1) is 17.7. The molecule has 0 aliphatic rings. The quantitative estimate of drug-likeness (QED) is 0.263. The molecule has 0 bridgehead atoms. The van der Waals surface area contributed by atoms with Gasteiger partial charge in [-0.25, -0.2) is 0 Å². The number of nitriles is 1. The number of carbonyl (C=O) groups is 1. The molecule has 0 fully saturated rings. The van der Waals surface area contributed by atoms with E-state index in [4.69, 9.17) is 9.47 Å². The Morgan fingerprint density at radius 1 is 1.16 bits per heavy atom. The highest BCUT2D eigenvalue weighted by Gasteiger charge is 2.20. The summed E-state index contributed by atoms with van der Waals surface area (Å²) in [5, 5.41) is 20.6. The number of ketones is 1. The van der Waals surface area contributed by atoms with Gasteiger partial charge in [-0.2, -0.15) is 5.26 Å². The molecule has 0 atom stereocenters. The number of benzene rings is 2. The van der Waals surface area contributed by atoms with Crippen LogP contribution < -0.4 is 9.47 Å². The zero-order chi connectivity index (χ0) is 18.4. The first-order chi connectivity index (χ1) is 12.0.